The minimum absolute atomic E-state index is 0.207. The normalized spacial score (nSPS) is 19.0. The molecule has 0 spiro atoms. The third-order valence-electron chi connectivity index (χ3n) is 4.59. The van der Waals surface area contributed by atoms with Crippen molar-refractivity contribution in [2.24, 2.45) is 11.7 Å². The van der Waals surface area contributed by atoms with Gasteiger partial charge in [-0.2, -0.15) is 0 Å². The van der Waals surface area contributed by atoms with Gasteiger partial charge in [-0.1, -0.05) is 0 Å². The van der Waals surface area contributed by atoms with Crippen molar-refractivity contribution in [3.63, 3.8) is 0 Å². The molecule has 1 unspecified atom stereocenters. The Morgan fingerprint density at radius 2 is 1.81 bits per heavy atom. The van der Waals surface area contributed by atoms with Crippen molar-refractivity contribution in [3.8, 4) is 0 Å². The van der Waals surface area contributed by atoms with Gasteiger partial charge in [0.25, 0.3) is 0 Å². The molecule has 0 aromatic heterocycles. The summed E-state index contributed by atoms with van der Waals surface area (Å²) in [5.74, 6) is 1.03. The smallest absolute Gasteiger partial charge is 0.224 e. The summed E-state index contributed by atoms with van der Waals surface area (Å²) in [6.07, 6.45) is 3.00. The molecule has 21 heavy (non-hydrogen) atoms. The molecule has 5 heteroatoms. The summed E-state index contributed by atoms with van der Waals surface area (Å²) in [4.78, 5) is 18.9. The Morgan fingerprint density at radius 1 is 1.24 bits per heavy atom. The van der Waals surface area contributed by atoms with E-state index >= 15 is 0 Å². The maximum absolute atomic E-state index is 12.3. The number of likely N-dealkylation sites (tertiary alicyclic amines) is 1. The average molecular weight is 298 g/mol. The van der Waals surface area contributed by atoms with Crippen LogP contribution in [0.3, 0.4) is 0 Å². The van der Waals surface area contributed by atoms with Crippen LogP contribution >= 0.6 is 0 Å². The van der Waals surface area contributed by atoms with Crippen LogP contribution in [0, 0.1) is 5.92 Å². The zero-order chi connectivity index (χ0) is 15.8. The second kappa shape index (κ2) is 9.38. The summed E-state index contributed by atoms with van der Waals surface area (Å²) in [6, 6.07) is 0.207. The highest BCUT2D eigenvalue weighted by Crippen LogP contribution is 2.20. The Balaban J connectivity index is 2.45. The second-order valence-corrected chi connectivity index (χ2v) is 6.40. The van der Waals surface area contributed by atoms with E-state index in [1.54, 1.807) is 0 Å². The Morgan fingerprint density at radius 3 is 2.24 bits per heavy atom. The van der Waals surface area contributed by atoms with Gasteiger partial charge in [-0.15, -0.1) is 0 Å². The fraction of sp³-hybridized carbons (Fsp3) is 0.938. The number of nitrogens with two attached hydrogens (primary N) is 1. The van der Waals surface area contributed by atoms with Crippen molar-refractivity contribution in [2.75, 3.05) is 53.4 Å². The number of hydrogen-bond donors (Lipinski definition) is 1. The first-order valence-corrected chi connectivity index (χ1v) is 8.38. The molecule has 0 radical (unpaired) electrons. The van der Waals surface area contributed by atoms with E-state index < -0.39 is 0 Å². The standard InChI is InChI=1S/C16H34N4O/c1-5-19(6-2)16(21)11-15(12-17)20-9-7-14(8-10-20)13-18(3)4/h14-15H,5-13,17H2,1-4H3. The van der Waals surface area contributed by atoms with Crippen molar-refractivity contribution in [3.05, 3.63) is 0 Å². The molecule has 1 fully saturated rings. The molecule has 1 atom stereocenters. The molecular formula is C16H34N4O. The number of hydrogen-bond acceptors (Lipinski definition) is 4. The Labute approximate surface area is 130 Å². The topological polar surface area (TPSA) is 52.8 Å². The third kappa shape index (κ3) is 5.93. The fourth-order valence-corrected chi connectivity index (χ4v) is 3.29. The Bertz CT molecular complexity index is 297. The van der Waals surface area contributed by atoms with E-state index in [1.165, 1.54) is 19.4 Å². The van der Waals surface area contributed by atoms with Gasteiger partial charge < -0.3 is 15.5 Å². The predicted molar refractivity (Wildman–Crippen MR) is 88.2 cm³/mol. The highest BCUT2D eigenvalue weighted by Gasteiger charge is 2.27. The van der Waals surface area contributed by atoms with Gasteiger partial charge in [0.15, 0.2) is 0 Å². The average Bonchev–Trinajstić information content (AvgIpc) is 2.46. The van der Waals surface area contributed by atoms with Gasteiger partial charge in [0.05, 0.1) is 0 Å². The van der Waals surface area contributed by atoms with E-state index in [9.17, 15) is 4.79 Å². The lowest BCUT2D eigenvalue weighted by molar-refractivity contribution is -0.132. The molecular weight excluding hydrogens is 264 g/mol. The minimum Gasteiger partial charge on any atom is -0.343 e. The molecule has 0 aromatic carbocycles. The molecule has 5 nitrogen and oxygen atoms in total. The van der Waals surface area contributed by atoms with Gasteiger partial charge in [0, 0.05) is 38.6 Å². The molecule has 1 amide bonds. The lowest BCUT2D eigenvalue weighted by Gasteiger charge is -2.38. The molecule has 1 heterocycles. The lowest BCUT2D eigenvalue weighted by Crippen LogP contribution is -2.48. The largest absolute Gasteiger partial charge is 0.343 e. The number of carbonyl (C=O) groups excluding carboxylic acids is 1. The van der Waals surface area contributed by atoms with Crippen molar-refractivity contribution in [1.29, 1.82) is 0 Å². The SMILES string of the molecule is CCN(CC)C(=O)CC(CN)N1CCC(CN(C)C)CC1. The Hall–Kier alpha value is -0.650. The van der Waals surface area contributed by atoms with Gasteiger partial charge in [-0.3, -0.25) is 9.69 Å². The summed E-state index contributed by atoms with van der Waals surface area (Å²) in [5.41, 5.74) is 5.93. The van der Waals surface area contributed by atoms with Crippen LogP contribution in [0.5, 0.6) is 0 Å². The highest BCUT2D eigenvalue weighted by molar-refractivity contribution is 5.76. The quantitative estimate of drug-likeness (QED) is 0.722. The predicted octanol–water partition coefficient (Wildman–Crippen LogP) is 0.846. The van der Waals surface area contributed by atoms with E-state index in [4.69, 9.17) is 5.73 Å². The van der Waals surface area contributed by atoms with Gasteiger partial charge in [0.1, 0.15) is 0 Å². The first kappa shape index (κ1) is 18.4. The van der Waals surface area contributed by atoms with Gasteiger partial charge in [-0.05, 0) is 59.8 Å². The van der Waals surface area contributed by atoms with E-state index in [0.717, 1.165) is 32.1 Å². The fourth-order valence-electron chi connectivity index (χ4n) is 3.29. The van der Waals surface area contributed by atoms with Crippen molar-refractivity contribution >= 4 is 5.91 Å². The molecule has 124 valence electrons. The molecule has 0 bridgehead atoms. The summed E-state index contributed by atoms with van der Waals surface area (Å²) in [6.45, 7) is 9.54. The summed E-state index contributed by atoms with van der Waals surface area (Å²) in [7, 11) is 4.27. The number of piperidine rings is 1. The maximum Gasteiger partial charge on any atom is 0.224 e. The summed E-state index contributed by atoms with van der Waals surface area (Å²) in [5, 5.41) is 0. The molecule has 1 aliphatic heterocycles. The number of nitrogens with zero attached hydrogens (tertiary/aromatic N) is 3. The molecule has 1 saturated heterocycles. The first-order valence-electron chi connectivity index (χ1n) is 8.38. The zero-order valence-electron chi connectivity index (χ0n) is 14.3. The molecule has 0 saturated carbocycles. The number of rotatable bonds is 8. The van der Waals surface area contributed by atoms with Gasteiger partial charge in [0.2, 0.25) is 5.91 Å². The van der Waals surface area contributed by atoms with Crippen LogP contribution < -0.4 is 5.73 Å². The van der Waals surface area contributed by atoms with Crippen LogP contribution in [0.25, 0.3) is 0 Å². The van der Waals surface area contributed by atoms with E-state index in [-0.39, 0.29) is 11.9 Å². The lowest BCUT2D eigenvalue weighted by atomic mass is 9.94. The van der Waals surface area contributed by atoms with Gasteiger partial charge >= 0.3 is 0 Å². The van der Waals surface area contributed by atoms with Crippen molar-refractivity contribution < 1.29 is 4.79 Å². The zero-order valence-corrected chi connectivity index (χ0v) is 14.3. The van der Waals surface area contributed by atoms with E-state index in [1.807, 2.05) is 18.7 Å². The van der Waals surface area contributed by atoms with Crippen LogP contribution in [0.1, 0.15) is 33.1 Å². The summed E-state index contributed by atoms with van der Waals surface area (Å²) >= 11 is 0. The molecule has 1 aliphatic rings. The van der Waals surface area contributed by atoms with Crippen molar-refractivity contribution in [1.82, 2.24) is 14.7 Å². The number of amides is 1. The molecule has 1 rings (SSSR count). The van der Waals surface area contributed by atoms with Crippen LogP contribution in [-0.2, 0) is 4.79 Å². The maximum atomic E-state index is 12.3. The van der Waals surface area contributed by atoms with E-state index in [2.05, 4.69) is 23.9 Å². The highest BCUT2D eigenvalue weighted by atomic mass is 16.2. The van der Waals surface area contributed by atoms with Crippen LogP contribution in [0.15, 0.2) is 0 Å². The second-order valence-electron chi connectivity index (χ2n) is 6.40. The Kier molecular flexibility index (Phi) is 8.22. The number of carbonyl (C=O) groups is 1. The first-order chi connectivity index (χ1) is 10.0. The third-order valence-corrected chi connectivity index (χ3v) is 4.59. The van der Waals surface area contributed by atoms with E-state index in [0.29, 0.717) is 13.0 Å². The van der Waals surface area contributed by atoms with Crippen LogP contribution in [0.2, 0.25) is 0 Å². The molecule has 0 aromatic rings. The molecule has 2 N–H and O–H groups in total. The monoisotopic (exact) mass is 298 g/mol. The summed E-state index contributed by atoms with van der Waals surface area (Å²) < 4.78 is 0. The van der Waals surface area contributed by atoms with Crippen molar-refractivity contribution in [2.45, 2.75) is 39.2 Å². The van der Waals surface area contributed by atoms with Gasteiger partial charge in [-0.25, -0.2) is 0 Å². The minimum atomic E-state index is 0.207. The van der Waals surface area contributed by atoms with Crippen LogP contribution in [-0.4, -0.2) is 80.0 Å². The molecule has 0 aliphatic carbocycles. The van der Waals surface area contributed by atoms with Crippen LogP contribution in [0.4, 0.5) is 0 Å².